The van der Waals surface area contributed by atoms with Crippen LogP contribution < -0.4 is 10.1 Å². The maximum atomic E-state index is 9.70. The molecule has 0 aliphatic carbocycles. The highest BCUT2D eigenvalue weighted by Crippen LogP contribution is 2.27. The Hall–Kier alpha value is -2.01. The van der Waals surface area contributed by atoms with Crippen molar-refractivity contribution in [2.75, 3.05) is 6.61 Å². The number of nitrogens with zero attached hydrogens (tertiary/aromatic N) is 2. The molecule has 1 aromatic heterocycles. The van der Waals surface area contributed by atoms with Crippen LogP contribution in [0.1, 0.15) is 36.7 Å². The molecule has 1 unspecified atom stereocenters. The summed E-state index contributed by atoms with van der Waals surface area (Å²) in [5.41, 5.74) is 3.43. The number of aromatic nitrogens is 2. The fourth-order valence-corrected chi connectivity index (χ4v) is 2.26. The summed E-state index contributed by atoms with van der Waals surface area (Å²) < 4.78 is 7.28. The van der Waals surface area contributed by atoms with E-state index in [0.717, 1.165) is 11.3 Å². The third-order valence-electron chi connectivity index (χ3n) is 3.68. The standard InChI is InChI=1S/C16H23N3O2/c1-5-21-16-8-13(6-7-15(16)20)9-17-11(2)14-10-18-19(4)12(14)3/h6-8,10-11,17,20H,5,9H2,1-4H3. The minimum atomic E-state index is 0.178. The van der Waals surface area contributed by atoms with Crippen molar-refractivity contribution in [1.29, 1.82) is 0 Å². The second-order valence-electron chi connectivity index (χ2n) is 5.15. The first-order valence-electron chi connectivity index (χ1n) is 7.19. The van der Waals surface area contributed by atoms with Crippen molar-refractivity contribution in [3.8, 4) is 11.5 Å². The van der Waals surface area contributed by atoms with Crippen LogP contribution >= 0.6 is 0 Å². The molecule has 0 aliphatic heterocycles. The molecule has 0 bridgehead atoms. The van der Waals surface area contributed by atoms with Gasteiger partial charge >= 0.3 is 0 Å². The minimum Gasteiger partial charge on any atom is -0.504 e. The van der Waals surface area contributed by atoms with Crippen LogP contribution in [0.3, 0.4) is 0 Å². The molecule has 5 nitrogen and oxygen atoms in total. The summed E-state index contributed by atoms with van der Waals surface area (Å²) in [6, 6.07) is 5.65. The molecule has 0 saturated heterocycles. The van der Waals surface area contributed by atoms with Gasteiger partial charge in [0.1, 0.15) is 0 Å². The van der Waals surface area contributed by atoms with Crippen molar-refractivity contribution >= 4 is 0 Å². The van der Waals surface area contributed by atoms with Crippen molar-refractivity contribution in [3.63, 3.8) is 0 Å². The second kappa shape index (κ2) is 6.63. The van der Waals surface area contributed by atoms with Gasteiger partial charge < -0.3 is 15.2 Å². The van der Waals surface area contributed by atoms with Crippen molar-refractivity contribution in [3.05, 3.63) is 41.2 Å². The van der Waals surface area contributed by atoms with Crippen molar-refractivity contribution < 1.29 is 9.84 Å². The van der Waals surface area contributed by atoms with Crippen LogP contribution in [-0.4, -0.2) is 21.5 Å². The summed E-state index contributed by atoms with van der Waals surface area (Å²) >= 11 is 0. The lowest BCUT2D eigenvalue weighted by atomic mass is 10.1. The molecular formula is C16H23N3O2. The van der Waals surface area contributed by atoms with E-state index in [9.17, 15) is 5.11 Å². The predicted molar refractivity (Wildman–Crippen MR) is 82.5 cm³/mol. The fourth-order valence-electron chi connectivity index (χ4n) is 2.26. The molecule has 0 aliphatic rings. The number of nitrogens with one attached hydrogen (secondary N) is 1. The molecular weight excluding hydrogens is 266 g/mol. The molecule has 2 rings (SSSR count). The SMILES string of the molecule is CCOc1cc(CNC(C)c2cnn(C)c2C)ccc1O. The van der Waals surface area contributed by atoms with Crippen molar-refractivity contribution in [2.45, 2.75) is 33.4 Å². The fraction of sp³-hybridized carbons (Fsp3) is 0.438. The van der Waals surface area contributed by atoms with E-state index in [0.29, 0.717) is 18.9 Å². The first-order valence-corrected chi connectivity index (χ1v) is 7.19. The maximum Gasteiger partial charge on any atom is 0.161 e. The van der Waals surface area contributed by atoms with E-state index in [4.69, 9.17) is 4.74 Å². The van der Waals surface area contributed by atoms with E-state index in [-0.39, 0.29) is 11.8 Å². The molecule has 1 heterocycles. The van der Waals surface area contributed by atoms with Gasteiger partial charge in [-0.1, -0.05) is 6.07 Å². The Bertz CT molecular complexity index is 608. The van der Waals surface area contributed by atoms with Gasteiger partial charge in [-0.15, -0.1) is 0 Å². The quantitative estimate of drug-likeness (QED) is 0.858. The van der Waals surface area contributed by atoms with Crippen molar-refractivity contribution in [2.24, 2.45) is 7.05 Å². The molecule has 0 amide bonds. The summed E-state index contributed by atoms with van der Waals surface area (Å²) in [5.74, 6) is 0.707. The van der Waals surface area contributed by atoms with Gasteiger partial charge in [0.2, 0.25) is 0 Å². The Kier molecular flexibility index (Phi) is 4.85. The summed E-state index contributed by atoms with van der Waals surface area (Å²) in [7, 11) is 1.94. The van der Waals surface area contributed by atoms with Crippen LogP contribution in [0, 0.1) is 6.92 Å². The number of aryl methyl sites for hydroxylation is 1. The van der Waals surface area contributed by atoms with Gasteiger partial charge in [0.25, 0.3) is 0 Å². The molecule has 2 aromatic rings. The zero-order chi connectivity index (χ0) is 15.4. The lowest BCUT2D eigenvalue weighted by molar-refractivity contribution is 0.317. The van der Waals surface area contributed by atoms with Gasteiger partial charge in [-0.05, 0) is 38.5 Å². The molecule has 2 N–H and O–H groups in total. The number of benzene rings is 1. The number of rotatable bonds is 6. The number of phenolic OH excluding ortho intramolecular Hbond substituents is 1. The number of hydrogen-bond donors (Lipinski definition) is 2. The van der Waals surface area contributed by atoms with E-state index in [2.05, 4.69) is 24.3 Å². The molecule has 1 atom stereocenters. The zero-order valence-corrected chi connectivity index (χ0v) is 13.1. The van der Waals surface area contributed by atoms with Crippen molar-refractivity contribution in [1.82, 2.24) is 15.1 Å². The third-order valence-corrected chi connectivity index (χ3v) is 3.68. The third kappa shape index (κ3) is 3.55. The molecule has 114 valence electrons. The van der Waals surface area contributed by atoms with E-state index in [1.807, 2.05) is 37.0 Å². The first kappa shape index (κ1) is 15.4. The highest BCUT2D eigenvalue weighted by atomic mass is 16.5. The van der Waals surface area contributed by atoms with E-state index < -0.39 is 0 Å². The maximum absolute atomic E-state index is 9.70. The highest BCUT2D eigenvalue weighted by Gasteiger charge is 2.12. The van der Waals surface area contributed by atoms with Gasteiger partial charge in [-0.2, -0.15) is 5.10 Å². The van der Waals surface area contributed by atoms with Gasteiger partial charge in [-0.25, -0.2) is 0 Å². The first-order chi connectivity index (χ1) is 10.0. The second-order valence-corrected chi connectivity index (χ2v) is 5.15. The highest BCUT2D eigenvalue weighted by molar-refractivity contribution is 5.41. The normalized spacial score (nSPS) is 12.4. The number of aromatic hydroxyl groups is 1. The lowest BCUT2D eigenvalue weighted by Crippen LogP contribution is -2.18. The zero-order valence-electron chi connectivity index (χ0n) is 13.1. The molecule has 0 spiro atoms. The smallest absolute Gasteiger partial charge is 0.161 e. The monoisotopic (exact) mass is 289 g/mol. The Labute approximate surface area is 125 Å². The average molecular weight is 289 g/mol. The summed E-state index contributed by atoms with van der Waals surface area (Å²) in [5, 5.41) is 17.4. The van der Waals surface area contributed by atoms with Crippen LogP contribution in [0.5, 0.6) is 11.5 Å². The van der Waals surface area contributed by atoms with E-state index in [1.54, 1.807) is 6.07 Å². The summed E-state index contributed by atoms with van der Waals surface area (Å²) in [4.78, 5) is 0. The van der Waals surface area contributed by atoms with Crippen LogP contribution in [-0.2, 0) is 13.6 Å². The minimum absolute atomic E-state index is 0.178. The van der Waals surface area contributed by atoms with Crippen LogP contribution in [0.15, 0.2) is 24.4 Å². The van der Waals surface area contributed by atoms with Gasteiger partial charge in [0.15, 0.2) is 11.5 Å². The van der Waals surface area contributed by atoms with Gasteiger partial charge in [0, 0.05) is 30.9 Å². The molecule has 0 radical (unpaired) electrons. The van der Waals surface area contributed by atoms with Crippen LogP contribution in [0.25, 0.3) is 0 Å². The largest absolute Gasteiger partial charge is 0.504 e. The molecule has 1 aromatic carbocycles. The Balaban J connectivity index is 2.02. The Morgan fingerprint density at radius 1 is 1.43 bits per heavy atom. The number of hydrogen-bond acceptors (Lipinski definition) is 4. The van der Waals surface area contributed by atoms with E-state index >= 15 is 0 Å². The molecule has 5 heteroatoms. The average Bonchev–Trinajstić information content (AvgIpc) is 2.80. The van der Waals surface area contributed by atoms with E-state index in [1.165, 1.54) is 5.56 Å². The number of ether oxygens (including phenoxy) is 1. The predicted octanol–water partition coefficient (Wildman–Crippen LogP) is 2.68. The molecule has 0 fully saturated rings. The lowest BCUT2D eigenvalue weighted by Gasteiger charge is -2.14. The Morgan fingerprint density at radius 2 is 2.19 bits per heavy atom. The van der Waals surface area contributed by atoms with Crippen LogP contribution in [0.2, 0.25) is 0 Å². The van der Waals surface area contributed by atoms with Crippen LogP contribution in [0.4, 0.5) is 0 Å². The topological polar surface area (TPSA) is 59.3 Å². The number of phenols is 1. The van der Waals surface area contributed by atoms with Gasteiger partial charge in [0.05, 0.1) is 12.8 Å². The summed E-state index contributed by atoms with van der Waals surface area (Å²) in [6.07, 6.45) is 1.90. The molecule has 0 saturated carbocycles. The molecule has 21 heavy (non-hydrogen) atoms. The Morgan fingerprint density at radius 3 is 2.81 bits per heavy atom. The summed E-state index contributed by atoms with van der Waals surface area (Å²) in [6.45, 7) is 7.32. The van der Waals surface area contributed by atoms with Gasteiger partial charge in [-0.3, -0.25) is 4.68 Å².